The standard InChI is InChI=1S/C11H12F17N3Si/c12-4(13,2-1-3-32(29,30)31)5(14,15)6(16,17)7(18,19)8(20,21)9(22,23)10(24,25)11(26,27)28/h1-3,29-31H2. The molecule has 0 amide bonds. The Balaban J connectivity index is 6.41. The Morgan fingerprint density at radius 1 is 0.438 bits per heavy atom. The molecule has 0 aliphatic carbocycles. The van der Waals surface area contributed by atoms with Crippen LogP contribution in [0.2, 0.25) is 6.04 Å². The molecular weight excluding hydrogens is 525 g/mol. The molecule has 21 heteroatoms. The van der Waals surface area contributed by atoms with Crippen LogP contribution in [-0.4, -0.2) is 56.2 Å². The molecule has 0 fully saturated rings. The van der Waals surface area contributed by atoms with E-state index in [-0.39, 0.29) is 0 Å². The number of nitrogens with two attached hydrogens (primary N) is 3. The van der Waals surface area contributed by atoms with E-state index >= 15 is 0 Å². The van der Waals surface area contributed by atoms with E-state index in [0.717, 1.165) is 0 Å². The number of alkyl halides is 17. The molecule has 0 saturated heterocycles. The highest BCUT2D eigenvalue weighted by Crippen LogP contribution is 2.64. The second kappa shape index (κ2) is 8.00. The summed E-state index contributed by atoms with van der Waals surface area (Å²) in [4.78, 5) is 0. The third kappa shape index (κ3) is 4.61. The highest BCUT2D eigenvalue weighted by atomic mass is 28.4. The van der Waals surface area contributed by atoms with Gasteiger partial charge in [-0.2, -0.15) is 74.6 Å². The summed E-state index contributed by atoms with van der Waals surface area (Å²) in [5, 5.41) is 14.9. The van der Waals surface area contributed by atoms with Crippen molar-refractivity contribution in [3.8, 4) is 0 Å². The summed E-state index contributed by atoms with van der Waals surface area (Å²) in [5.41, 5.74) is 0. The van der Waals surface area contributed by atoms with Crippen LogP contribution < -0.4 is 16.2 Å². The largest absolute Gasteiger partial charge is 0.460 e. The molecule has 0 aliphatic heterocycles. The minimum Gasteiger partial charge on any atom is -0.327 e. The average Bonchev–Trinajstić information content (AvgIpc) is 2.50. The smallest absolute Gasteiger partial charge is 0.327 e. The van der Waals surface area contributed by atoms with Gasteiger partial charge in [0, 0.05) is 6.42 Å². The minimum absolute atomic E-state index is 0.966. The van der Waals surface area contributed by atoms with Crippen molar-refractivity contribution in [3.05, 3.63) is 0 Å². The predicted octanol–water partition coefficient (Wildman–Crippen LogP) is 4.59. The van der Waals surface area contributed by atoms with Crippen molar-refractivity contribution in [2.45, 2.75) is 66.5 Å². The van der Waals surface area contributed by atoms with Gasteiger partial charge in [0.05, 0.1) is 0 Å². The summed E-state index contributed by atoms with van der Waals surface area (Å²) in [5.74, 6) is -56.3. The summed E-state index contributed by atoms with van der Waals surface area (Å²) in [6.07, 6.45) is -11.8. The average molecular weight is 537 g/mol. The molecule has 0 aliphatic rings. The number of rotatable bonds is 10. The SMILES string of the molecule is N[Si](N)(N)CCCC(F)(F)C(F)(F)C(F)(F)C(F)(F)C(F)(F)C(F)(F)C(F)(F)C(F)(F)F. The molecule has 0 radical (unpaired) electrons. The Kier molecular flexibility index (Phi) is 7.72. The molecule has 0 rings (SSSR count). The zero-order valence-electron chi connectivity index (χ0n) is 14.8. The first-order valence-corrected chi connectivity index (χ1v) is 9.97. The molecule has 0 aromatic rings. The second-order valence-corrected chi connectivity index (χ2v) is 9.34. The third-order valence-corrected chi connectivity index (χ3v) is 5.11. The molecule has 0 spiro atoms. The van der Waals surface area contributed by atoms with Gasteiger partial charge in [0.15, 0.2) is 0 Å². The molecule has 0 aromatic heterocycles. The van der Waals surface area contributed by atoms with Crippen LogP contribution in [0.5, 0.6) is 0 Å². The lowest BCUT2D eigenvalue weighted by Gasteiger charge is -2.42. The Bertz CT molecular complexity index is 666. The van der Waals surface area contributed by atoms with Gasteiger partial charge in [0.2, 0.25) is 0 Å². The fourth-order valence-electron chi connectivity index (χ4n) is 1.97. The molecule has 0 unspecified atom stereocenters. The number of hydrogen-bond acceptors (Lipinski definition) is 3. The topological polar surface area (TPSA) is 78.1 Å². The van der Waals surface area contributed by atoms with Crippen molar-refractivity contribution in [2.24, 2.45) is 16.2 Å². The van der Waals surface area contributed by atoms with Gasteiger partial charge in [0.25, 0.3) is 8.56 Å². The first kappa shape index (κ1) is 30.9. The van der Waals surface area contributed by atoms with E-state index < -0.39 is 75.1 Å². The third-order valence-electron chi connectivity index (χ3n) is 3.89. The minimum atomic E-state index is -8.63. The van der Waals surface area contributed by atoms with E-state index in [4.69, 9.17) is 16.2 Å². The van der Waals surface area contributed by atoms with Crippen molar-refractivity contribution < 1.29 is 74.6 Å². The summed E-state index contributed by atoms with van der Waals surface area (Å²) in [6, 6.07) is -0.966. The molecule has 0 atom stereocenters. The Morgan fingerprint density at radius 3 is 1.00 bits per heavy atom. The molecule has 6 N–H and O–H groups in total. The van der Waals surface area contributed by atoms with E-state index in [9.17, 15) is 74.6 Å². The first-order chi connectivity index (χ1) is 13.5. The predicted molar refractivity (Wildman–Crippen MR) is 73.0 cm³/mol. The lowest BCUT2D eigenvalue weighted by atomic mass is 9.88. The molecular formula is C11H12F17N3Si. The molecule has 0 bridgehead atoms. The maximum atomic E-state index is 13.5. The lowest BCUT2D eigenvalue weighted by molar-refractivity contribution is -0.461. The normalized spacial score (nSPS) is 16.5. The van der Waals surface area contributed by atoms with Gasteiger partial charge in [-0.1, -0.05) is 0 Å². The van der Waals surface area contributed by atoms with Crippen molar-refractivity contribution in [3.63, 3.8) is 0 Å². The summed E-state index contributed by atoms with van der Waals surface area (Å²) < 4.78 is 221. The summed E-state index contributed by atoms with van der Waals surface area (Å²) in [6.45, 7) is 0. The van der Waals surface area contributed by atoms with E-state index in [1.165, 1.54) is 0 Å². The van der Waals surface area contributed by atoms with Crippen LogP contribution in [0.25, 0.3) is 0 Å². The van der Waals surface area contributed by atoms with Gasteiger partial charge in [-0.25, -0.2) is 0 Å². The zero-order chi connectivity index (χ0) is 26.6. The highest BCUT2D eigenvalue weighted by Gasteiger charge is 2.95. The molecule has 0 saturated carbocycles. The quantitative estimate of drug-likeness (QED) is 0.282. The van der Waals surface area contributed by atoms with Crippen molar-refractivity contribution in [1.82, 2.24) is 0 Å². The van der Waals surface area contributed by atoms with Gasteiger partial charge in [-0.3, -0.25) is 0 Å². The van der Waals surface area contributed by atoms with E-state index in [1.807, 2.05) is 0 Å². The van der Waals surface area contributed by atoms with Crippen molar-refractivity contribution in [1.29, 1.82) is 0 Å². The fourth-order valence-corrected chi connectivity index (χ4v) is 2.76. The lowest BCUT2D eigenvalue weighted by Crippen LogP contribution is -2.74. The summed E-state index contributed by atoms with van der Waals surface area (Å²) >= 11 is 0. The second-order valence-electron chi connectivity index (χ2n) is 6.61. The van der Waals surface area contributed by atoms with Gasteiger partial charge >= 0.3 is 47.6 Å². The Hall–Kier alpha value is -1.09. The van der Waals surface area contributed by atoms with Crippen LogP contribution in [-0.2, 0) is 0 Å². The van der Waals surface area contributed by atoms with Crippen LogP contribution in [0.15, 0.2) is 0 Å². The van der Waals surface area contributed by atoms with Crippen molar-refractivity contribution >= 4 is 8.56 Å². The van der Waals surface area contributed by atoms with Crippen LogP contribution in [0, 0.1) is 0 Å². The van der Waals surface area contributed by atoms with Gasteiger partial charge < -0.3 is 16.2 Å². The highest BCUT2D eigenvalue weighted by molar-refractivity contribution is 6.70. The number of hydrogen-bond donors (Lipinski definition) is 3. The maximum absolute atomic E-state index is 13.5. The Morgan fingerprint density at radius 2 is 0.719 bits per heavy atom. The molecule has 0 aromatic carbocycles. The first-order valence-electron chi connectivity index (χ1n) is 7.54. The fraction of sp³-hybridized carbons (Fsp3) is 1.00. The molecule has 32 heavy (non-hydrogen) atoms. The van der Waals surface area contributed by atoms with E-state index in [2.05, 4.69) is 0 Å². The number of halogens is 17. The van der Waals surface area contributed by atoms with Gasteiger partial charge in [-0.15, -0.1) is 0 Å². The van der Waals surface area contributed by atoms with E-state index in [0.29, 0.717) is 0 Å². The summed E-state index contributed by atoms with van der Waals surface area (Å²) in [7, 11) is -3.82. The monoisotopic (exact) mass is 537 g/mol. The molecule has 3 nitrogen and oxygen atoms in total. The zero-order valence-corrected chi connectivity index (χ0v) is 15.8. The van der Waals surface area contributed by atoms with Crippen LogP contribution >= 0.6 is 0 Å². The van der Waals surface area contributed by atoms with Crippen LogP contribution in [0.1, 0.15) is 12.8 Å². The maximum Gasteiger partial charge on any atom is 0.460 e. The van der Waals surface area contributed by atoms with Crippen molar-refractivity contribution in [2.75, 3.05) is 0 Å². The van der Waals surface area contributed by atoms with Crippen LogP contribution in [0.4, 0.5) is 74.6 Å². The van der Waals surface area contributed by atoms with Crippen LogP contribution in [0.3, 0.4) is 0 Å². The van der Waals surface area contributed by atoms with E-state index in [1.54, 1.807) is 0 Å². The van der Waals surface area contributed by atoms with Gasteiger partial charge in [-0.05, 0) is 12.5 Å². The molecule has 0 heterocycles. The Labute approximate surface area is 167 Å². The van der Waals surface area contributed by atoms with Gasteiger partial charge in [0.1, 0.15) is 0 Å². The molecule has 194 valence electrons.